The Labute approximate surface area is 135 Å². The molecule has 4 heteroatoms. The SMILES string of the molecule is COc1cccc(-c2ccc(C(=O)N3CCCCC3)cc2)c1F. The maximum atomic E-state index is 14.3. The second-order valence-electron chi connectivity index (χ2n) is 5.75. The number of nitrogens with zero attached hydrogens (tertiary/aromatic N) is 1. The van der Waals surface area contributed by atoms with Gasteiger partial charge >= 0.3 is 0 Å². The lowest BCUT2D eigenvalue weighted by Gasteiger charge is -2.26. The van der Waals surface area contributed by atoms with E-state index in [1.54, 1.807) is 42.5 Å². The van der Waals surface area contributed by atoms with Crippen LogP contribution in [-0.2, 0) is 0 Å². The first kappa shape index (κ1) is 15.5. The number of ether oxygens (including phenoxy) is 1. The highest BCUT2D eigenvalue weighted by Crippen LogP contribution is 2.29. The monoisotopic (exact) mass is 313 g/mol. The van der Waals surface area contributed by atoms with Crippen LogP contribution in [0.2, 0.25) is 0 Å². The number of halogens is 1. The first-order valence-corrected chi connectivity index (χ1v) is 7.93. The molecular weight excluding hydrogens is 293 g/mol. The van der Waals surface area contributed by atoms with Gasteiger partial charge in [-0.05, 0) is 43.0 Å². The number of rotatable bonds is 3. The molecule has 0 N–H and O–H groups in total. The van der Waals surface area contributed by atoms with Crippen LogP contribution in [0.25, 0.3) is 11.1 Å². The molecule has 2 aromatic rings. The second-order valence-corrected chi connectivity index (χ2v) is 5.75. The largest absolute Gasteiger partial charge is 0.494 e. The summed E-state index contributed by atoms with van der Waals surface area (Å²) in [5.74, 6) is -0.108. The zero-order valence-electron chi connectivity index (χ0n) is 13.2. The Morgan fingerprint density at radius 2 is 1.74 bits per heavy atom. The Morgan fingerprint density at radius 1 is 1.04 bits per heavy atom. The van der Waals surface area contributed by atoms with Crippen molar-refractivity contribution >= 4 is 5.91 Å². The van der Waals surface area contributed by atoms with E-state index in [1.807, 2.05) is 4.90 Å². The Bertz CT molecular complexity index is 691. The molecule has 2 aromatic carbocycles. The molecule has 1 heterocycles. The maximum absolute atomic E-state index is 14.3. The smallest absolute Gasteiger partial charge is 0.253 e. The summed E-state index contributed by atoms with van der Waals surface area (Å²) in [6.07, 6.45) is 3.33. The van der Waals surface area contributed by atoms with Gasteiger partial charge in [-0.25, -0.2) is 4.39 Å². The van der Waals surface area contributed by atoms with E-state index >= 15 is 0 Å². The summed E-state index contributed by atoms with van der Waals surface area (Å²) in [6.45, 7) is 1.65. The van der Waals surface area contributed by atoms with E-state index in [1.165, 1.54) is 13.5 Å². The molecule has 3 nitrogen and oxygen atoms in total. The Balaban J connectivity index is 1.83. The van der Waals surface area contributed by atoms with Crippen molar-refractivity contribution in [2.45, 2.75) is 19.3 Å². The first-order valence-electron chi connectivity index (χ1n) is 7.93. The summed E-state index contributed by atoms with van der Waals surface area (Å²) in [5, 5.41) is 0. The molecular formula is C19H20FNO2. The zero-order valence-corrected chi connectivity index (χ0v) is 13.2. The van der Waals surface area contributed by atoms with E-state index < -0.39 is 0 Å². The molecule has 1 amide bonds. The zero-order chi connectivity index (χ0) is 16.2. The average Bonchev–Trinajstić information content (AvgIpc) is 2.62. The number of methoxy groups -OCH3 is 1. The molecule has 0 aliphatic carbocycles. The number of carbonyl (C=O) groups is 1. The van der Waals surface area contributed by atoms with Gasteiger partial charge < -0.3 is 9.64 Å². The van der Waals surface area contributed by atoms with E-state index in [2.05, 4.69) is 0 Å². The molecule has 0 saturated carbocycles. The number of hydrogen-bond donors (Lipinski definition) is 0. The van der Waals surface area contributed by atoms with Gasteiger partial charge in [-0.1, -0.05) is 24.3 Å². The Hall–Kier alpha value is -2.36. The predicted octanol–water partition coefficient (Wildman–Crippen LogP) is 4.13. The Morgan fingerprint density at radius 3 is 2.39 bits per heavy atom. The van der Waals surface area contributed by atoms with Crippen molar-refractivity contribution in [1.82, 2.24) is 4.90 Å². The second kappa shape index (κ2) is 6.82. The predicted molar refractivity (Wildman–Crippen MR) is 88.1 cm³/mol. The van der Waals surface area contributed by atoms with E-state index in [-0.39, 0.29) is 17.5 Å². The van der Waals surface area contributed by atoms with Gasteiger partial charge in [0.2, 0.25) is 0 Å². The van der Waals surface area contributed by atoms with Crippen molar-refractivity contribution in [1.29, 1.82) is 0 Å². The van der Waals surface area contributed by atoms with E-state index in [9.17, 15) is 9.18 Å². The standard InChI is InChI=1S/C19H20FNO2/c1-23-17-7-5-6-16(18(17)20)14-8-10-15(11-9-14)19(22)21-12-3-2-4-13-21/h5-11H,2-4,12-13H2,1H3. The van der Waals surface area contributed by atoms with Crippen LogP contribution in [-0.4, -0.2) is 31.0 Å². The number of benzene rings is 2. The van der Waals surface area contributed by atoms with Crippen molar-refractivity contribution in [2.75, 3.05) is 20.2 Å². The van der Waals surface area contributed by atoms with Gasteiger partial charge in [-0.2, -0.15) is 0 Å². The maximum Gasteiger partial charge on any atom is 0.253 e. The lowest BCUT2D eigenvalue weighted by atomic mass is 10.0. The van der Waals surface area contributed by atoms with Crippen molar-refractivity contribution < 1.29 is 13.9 Å². The normalized spacial score (nSPS) is 14.6. The minimum atomic E-state index is -0.384. The molecule has 0 bridgehead atoms. The van der Waals surface area contributed by atoms with Crippen molar-refractivity contribution in [3.63, 3.8) is 0 Å². The third-order valence-corrected chi connectivity index (χ3v) is 4.27. The van der Waals surface area contributed by atoms with Gasteiger partial charge in [0.25, 0.3) is 5.91 Å². The van der Waals surface area contributed by atoms with Gasteiger partial charge in [-0.15, -0.1) is 0 Å². The van der Waals surface area contributed by atoms with Crippen molar-refractivity contribution in [3.8, 4) is 16.9 Å². The van der Waals surface area contributed by atoms with E-state index in [0.29, 0.717) is 11.1 Å². The molecule has 0 spiro atoms. The number of hydrogen-bond acceptors (Lipinski definition) is 2. The van der Waals surface area contributed by atoms with Gasteiger partial charge in [0.1, 0.15) is 0 Å². The van der Waals surface area contributed by atoms with Crippen LogP contribution in [0.4, 0.5) is 4.39 Å². The molecule has 0 aromatic heterocycles. The fourth-order valence-corrected chi connectivity index (χ4v) is 2.96. The first-order chi connectivity index (χ1) is 11.2. The number of piperidine rings is 1. The summed E-state index contributed by atoms with van der Waals surface area (Å²) in [7, 11) is 1.45. The quantitative estimate of drug-likeness (QED) is 0.853. The van der Waals surface area contributed by atoms with Crippen LogP contribution in [0.5, 0.6) is 5.75 Å². The van der Waals surface area contributed by atoms with Gasteiger partial charge in [0, 0.05) is 24.2 Å². The summed E-state index contributed by atoms with van der Waals surface area (Å²) < 4.78 is 19.3. The summed E-state index contributed by atoms with van der Waals surface area (Å²) in [6, 6.07) is 12.2. The topological polar surface area (TPSA) is 29.5 Å². The number of likely N-dealkylation sites (tertiary alicyclic amines) is 1. The van der Waals surface area contributed by atoms with Gasteiger partial charge in [0.15, 0.2) is 11.6 Å². The molecule has 1 saturated heterocycles. The lowest BCUT2D eigenvalue weighted by molar-refractivity contribution is 0.0724. The van der Waals surface area contributed by atoms with Crippen LogP contribution in [0.15, 0.2) is 42.5 Å². The minimum Gasteiger partial charge on any atom is -0.494 e. The minimum absolute atomic E-state index is 0.0577. The van der Waals surface area contributed by atoms with E-state index in [0.717, 1.165) is 31.5 Å². The highest BCUT2D eigenvalue weighted by Gasteiger charge is 2.18. The molecule has 0 atom stereocenters. The van der Waals surface area contributed by atoms with Crippen molar-refractivity contribution in [2.24, 2.45) is 0 Å². The van der Waals surface area contributed by atoms with Crippen LogP contribution in [0.1, 0.15) is 29.6 Å². The summed E-state index contributed by atoms with van der Waals surface area (Å²) >= 11 is 0. The summed E-state index contributed by atoms with van der Waals surface area (Å²) in [5.41, 5.74) is 1.86. The van der Waals surface area contributed by atoms with Crippen LogP contribution in [0.3, 0.4) is 0 Å². The van der Waals surface area contributed by atoms with Crippen LogP contribution >= 0.6 is 0 Å². The van der Waals surface area contributed by atoms with Crippen LogP contribution in [0, 0.1) is 5.82 Å². The highest BCUT2D eigenvalue weighted by molar-refractivity contribution is 5.94. The highest BCUT2D eigenvalue weighted by atomic mass is 19.1. The molecule has 1 fully saturated rings. The molecule has 0 radical (unpaired) electrons. The van der Waals surface area contributed by atoms with Gasteiger partial charge in [0.05, 0.1) is 7.11 Å². The third-order valence-electron chi connectivity index (χ3n) is 4.27. The fraction of sp³-hybridized carbons (Fsp3) is 0.316. The molecule has 1 aliphatic rings. The van der Waals surface area contributed by atoms with Crippen molar-refractivity contribution in [3.05, 3.63) is 53.8 Å². The van der Waals surface area contributed by atoms with Crippen LogP contribution < -0.4 is 4.74 Å². The molecule has 23 heavy (non-hydrogen) atoms. The summed E-state index contributed by atoms with van der Waals surface area (Å²) in [4.78, 5) is 14.3. The average molecular weight is 313 g/mol. The third kappa shape index (κ3) is 3.21. The molecule has 3 rings (SSSR count). The number of amides is 1. The molecule has 1 aliphatic heterocycles. The lowest BCUT2D eigenvalue weighted by Crippen LogP contribution is -2.35. The van der Waals surface area contributed by atoms with E-state index in [4.69, 9.17) is 4.74 Å². The molecule has 120 valence electrons. The van der Waals surface area contributed by atoms with Gasteiger partial charge in [-0.3, -0.25) is 4.79 Å². The Kier molecular flexibility index (Phi) is 4.60. The fourth-order valence-electron chi connectivity index (χ4n) is 2.96. The number of carbonyl (C=O) groups excluding carboxylic acids is 1. The molecule has 0 unspecified atom stereocenters.